The number of hydrogen-bond acceptors (Lipinski definition) is 8. The number of fused-ring (bicyclic) bond motifs is 1. The number of nitrogen functional groups attached to an aromatic ring is 1. The molecule has 0 radical (unpaired) electrons. The summed E-state index contributed by atoms with van der Waals surface area (Å²) in [7, 11) is 1.64. The lowest BCUT2D eigenvalue weighted by atomic mass is 9.97. The summed E-state index contributed by atoms with van der Waals surface area (Å²) in [4.78, 5) is 26.2. The summed E-state index contributed by atoms with van der Waals surface area (Å²) < 4.78 is 12.9. The molecule has 4 heterocycles. The molecule has 9 heteroatoms. The van der Waals surface area contributed by atoms with Crippen molar-refractivity contribution in [2.24, 2.45) is 0 Å². The highest BCUT2D eigenvalue weighted by atomic mass is 16.5. The first-order chi connectivity index (χ1) is 14.8. The third-order valence-electron chi connectivity index (χ3n) is 5.34. The van der Waals surface area contributed by atoms with Crippen molar-refractivity contribution in [3.05, 3.63) is 54.5 Å². The number of amides is 1. The summed E-state index contributed by atoms with van der Waals surface area (Å²) in [5.74, 6) is -0.129. The van der Waals surface area contributed by atoms with E-state index in [0.29, 0.717) is 29.0 Å². The number of carbonyl (C=O) groups excluding carboxylic acids is 1. The Morgan fingerprint density at radius 3 is 2.77 bits per heavy atom. The van der Waals surface area contributed by atoms with Crippen LogP contribution in [0, 0.1) is 0 Å². The van der Waals surface area contributed by atoms with Gasteiger partial charge in [0.25, 0.3) is 5.91 Å². The van der Waals surface area contributed by atoms with Crippen LogP contribution in [0.25, 0.3) is 33.5 Å². The summed E-state index contributed by atoms with van der Waals surface area (Å²) in [6.45, 7) is 0.447. The minimum atomic E-state index is -1.69. The van der Waals surface area contributed by atoms with Gasteiger partial charge < -0.3 is 20.3 Å². The van der Waals surface area contributed by atoms with Crippen LogP contribution in [0.5, 0.6) is 0 Å². The molecule has 0 saturated carbocycles. The van der Waals surface area contributed by atoms with Crippen LogP contribution in [-0.4, -0.2) is 49.6 Å². The fraction of sp³-hybridized carbons (Fsp3) is 0.190. The van der Waals surface area contributed by atoms with Gasteiger partial charge in [-0.1, -0.05) is 23.4 Å². The van der Waals surface area contributed by atoms with Crippen LogP contribution in [-0.2, 0) is 10.4 Å². The Hall–Kier alpha value is -3.85. The molecular weight excluding hydrogens is 384 g/mol. The third kappa shape index (κ3) is 2.79. The molecule has 0 unspecified atom stereocenters. The van der Waals surface area contributed by atoms with Gasteiger partial charge in [0.15, 0.2) is 11.6 Å². The first kappa shape index (κ1) is 17.0. The second-order valence-corrected chi connectivity index (χ2v) is 7.27. The molecule has 0 aliphatic carbocycles. The molecule has 1 amide bonds. The number of likely N-dealkylation sites (N-methyl/N-ethyl adjacent to an activating group) is 1. The smallest absolute Gasteiger partial charge is 0.262 e. The zero-order valence-electron chi connectivity index (χ0n) is 17.0. The van der Waals surface area contributed by atoms with Gasteiger partial charge in [-0.05, 0) is 18.2 Å². The molecule has 5 rings (SSSR count). The topological polar surface area (TPSA) is 131 Å². The maximum atomic E-state index is 12.3. The van der Waals surface area contributed by atoms with Crippen molar-refractivity contribution in [3.8, 4) is 22.5 Å². The zero-order valence-corrected chi connectivity index (χ0v) is 16.0. The molecule has 3 N–H and O–H groups in total. The summed E-state index contributed by atoms with van der Waals surface area (Å²) in [6, 6.07) is 12.6. The van der Waals surface area contributed by atoms with E-state index in [9.17, 15) is 9.90 Å². The van der Waals surface area contributed by atoms with Gasteiger partial charge in [-0.25, -0.2) is 15.0 Å². The number of likely N-dealkylation sites (tertiary alicyclic amines) is 1. The lowest BCUT2D eigenvalue weighted by Gasteiger charge is -2.16. The summed E-state index contributed by atoms with van der Waals surface area (Å²) >= 11 is 0. The van der Waals surface area contributed by atoms with Gasteiger partial charge in [0.2, 0.25) is 5.60 Å². The second kappa shape index (κ2) is 6.60. The van der Waals surface area contributed by atoms with Crippen LogP contribution in [0.4, 0.5) is 5.82 Å². The Kier molecular flexibility index (Phi) is 3.75. The molecule has 150 valence electrons. The predicted molar refractivity (Wildman–Crippen MR) is 109 cm³/mol. The number of anilines is 1. The molecule has 4 aromatic rings. The van der Waals surface area contributed by atoms with Gasteiger partial charge in [0.1, 0.15) is 18.9 Å². The Morgan fingerprint density at radius 2 is 2.00 bits per heavy atom. The molecule has 30 heavy (non-hydrogen) atoms. The quantitative estimate of drug-likeness (QED) is 0.531. The zero-order chi connectivity index (χ0) is 21.8. The molecule has 1 aliphatic heterocycles. The van der Waals surface area contributed by atoms with Gasteiger partial charge in [-0.3, -0.25) is 4.79 Å². The monoisotopic (exact) mass is 403 g/mol. The molecule has 9 nitrogen and oxygen atoms in total. The molecule has 1 atom stereocenters. The fourth-order valence-corrected chi connectivity index (χ4v) is 3.60. The Morgan fingerprint density at radius 1 is 1.20 bits per heavy atom. The summed E-state index contributed by atoms with van der Waals surface area (Å²) in [6.07, 6.45) is 0.0960. The van der Waals surface area contributed by atoms with Crippen LogP contribution in [0.1, 0.15) is 13.6 Å². The molecule has 0 spiro atoms. The average Bonchev–Trinajstić information content (AvgIpc) is 3.36. The normalized spacial score (nSPS) is 19.5. The van der Waals surface area contributed by atoms with Crippen molar-refractivity contribution in [3.63, 3.8) is 0 Å². The number of benzene rings is 1. The minimum absolute atomic E-state index is 0.127. The highest BCUT2D eigenvalue weighted by Crippen LogP contribution is 2.35. The highest BCUT2D eigenvalue weighted by molar-refractivity contribution is 5.88. The number of rotatable bonds is 3. The molecule has 1 aromatic carbocycles. The fourth-order valence-electron chi connectivity index (χ4n) is 3.60. The van der Waals surface area contributed by atoms with E-state index in [1.165, 1.54) is 4.90 Å². The summed E-state index contributed by atoms with van der Waals surface area (Å²) in [5.41, 5.74) is 7.83. The van der Waals surface area contributed by atoms with Gasteiger partial charge in [0.05, 0.1) is 11.2 Å². The van der Waals surface area contributed by atoms with Gasteiger partial charge in [0, 0.05) is 37.2 Å². The van der Waals surface area contributed by atoms with Crippen LogP contribution in [0.15, 0.2) is 53.3 Å². The number of aromatic nitrogens is 4. The maximum Gasteiger partial charge on any atom is 0.262 e. The summed E-state index contributed by atoms with van der Waals surface area (Å²) in [5, 5.41) is 14.8. The van der Waals surface area contributed by atoms with Crippen LogP contribution < -0.4 is 5.73 Å². The molecule has 1 aliphatic rings. The van der Waals surface area contributed by atoms with E-state index in [2.05, 4.69) is 20.1 Å². The SMILES string of the molecule is [2H]c1nc(N)c2nc(-c3cccc(-c4cc([C@]5(O)CCN(C)C5=O)on4)c3)ccc2n1. The number of nitrogens with two attached hydrogens (primary N) is 1. The van der Waals surface area contributed by atoms with E-state index in [0.717, 1.165) is 11.1 Å². The number of pyridine rings is 1. The standard InChI is InChI=1S/C21H18N6O3/c1-27-8-7-21(29,20(27)28)17-10-16(26-30-17)13-4-2-3-12(9-13)14-5-6-15-18(25-14)19(22)24-11-23-15/h2-6,9-11,29H,7-8H2,1H3,(H2,22,23,24)/t21-/m1/s1/i11D. The molecule has 3 aromatic heterocycles. The lowest BCUT2D eigenvalue weighted by molar-refractivity contribution is -0.144. The number of nitrogens with zero attached hydrogens (tertiary/aromatic N) is 5. The lowest BCUT2D eigenvalue weighted by Crippen LogP contribution is -2.35. The van der Waals surface area contributed by atoms with Crippen molar-refractivity contribution in [1.82, 2.24) is 25.0 Å². The largest absolute Gasteiger partial charge is 0.382 e. The number of carbonyl (C=O) groups is 1. The van der Waals surface area contributed by atoms with Gasteiger partial charge >= 0.3 is 0 Å². The molecule has 1 fully saturated rings. The van der Waals surface area contributed by atoms with E-state index in [1.54, 1.807) is 25.2 Å². The Bertz CT molecular complexity index is 1340. The minimum Gasteiger partial charge on any atom is -0.382 e. The molecular formula is C21H18N6O3. The Balaban J connectivity index is 1.51. The third-order valence-corrected chi connectivity index (χ3v) is 5.34. The van der Waals surface area contributed by atoms with Crippen LogP contribution in [0.2, 0.25) is 0 Å². The van der Waals surface area contributed by atoms with E-state index in [4.69, 9.17) is 11.6 Å². The first-order valence-electron chi connectivity index (χ1n) is 9.82. The van der Waals surface area contributed by atoms with E-state index in [-0.39, 0.29) is 24.3 Å². The van der Waals surface area contributed by atoms with E-state index in [1.807, 2.05) is 24.3 Å². The van der Waals surface area contributed by atoms with Crippen LogP contribution in [0.3, 0.4) is 0 Å². The van der Waals surface area contributed by atoms with Gasteiger partial charge in [-0.2, -0.15) is 0 Å². The predicted octanol–water partition coefficient (Wildman–Crippen LogP) is 1.98. The maximum absolute atomic E-state index is 12.3. The van der Waals surface area contributed by atoms with E-state index < -0.39 is 11.5 Å². The molecule has 0 bridgehead atoms. The highest BCUT2D eigenvalue weighted by Gasteiger charge is 2.48. The first-order valence-corrected chi connectivity index (χ1v) is 9.32. The second-order valence-electron chi connectivity index (χ2n) is 7.27. The van der Waals surface area contributed by atoms with E-state index >= 15 is 0 Å². The van der Waals surface area contributed by atoms with Crippen molar-refractivity contribution in [2.75, 3.05) is 19.3 Å². The van der Waals surface area contributed by atoms with Crippen molar-refractivity contribution < 1.29 is 15.8 Å². The number of aliphatic hydroxyl groups is 1. The Labute approximate surface area is 172 Å². The number of hydrogen-bond donors (Lipinski definition) is 2. The van der Waals surface area contributed by atoms with Gasteiger partial charge in [-0.15, -0.1) is 0 Å². The van der Waals surface area contributed by atoms with Crippen molar-refractivity contribution in [1.29, 1.82) is 0 Å². The van der Waals surface area contributed by atoms with Crippen molar-refractivity contribution in [2.45, 2.75) is 12.0 Å². The molecule has 1 saturated heterocycles. The van der Waals surface area contributed by atoms with Crippen LogP contribution >= 0.6 is 0 Å². The average molecular weight is 403 g/mol. The van der Waals surface area contributed by atoms with Crippen molar-refractivity contribution >= 4 is 22.8 Å².